The van der Waals surface area contributed by atoms with Crippen LogP contribution in [0.25, 0.3) is 17.0 Å². The summed E-state index contributed by atoms with van der Waals surface area (Å²) in [5.41, 5.74) is 1.87. The molecule has 0 radical (unpaired) electrons. The molecule has 4 rings (SSSR count). The van der Waals surface area contributed by atoms with Gasteiger partial charge in [-0.25, -0.2) is 0 Å². The molecule has 0 saturated carbocycles. The second-order valence-electron chi connectivity index (χ2n) is 6.82. The fourth-order valence-electron chi connectivity index (χ4n) is 3.77. The van der Waals surface area contributed by atoms with E-state index in [-0.39, 0.29) is 11.9 Å². The predicted molar refractivity (Wildman–Crippen MR) is 108 cm³/mol. The lowest BCUT2D eigenvalue weighted by atomic mass is 10.0. The van der Waals surface area contributed by atoms with Crippen molar-refractivity contribution in [3.05, 3.63) is 65.9 Å². The number of hydrogen-bond acceptors (Lipinski definition) is 4. The number of fused-ring (bicyclic) bond motifs is 1. The summed E-state index contributed by atoms with van der Waals surface area (Å²) in [6, 6.07) is 15.6. The zero-order valence-corrected chi connectivity index (χ0v) is 16.1. The summed E-state index contributed by atoms with van der Waals surface area (Å²) in [7, 11) is 3.24. The highest BCUT2D eigenvalue weighted by Gasteiger charge is 2.29. The highest BCUT2D eigenvalue weighted by molar-refractivity contribution is 5.92. The molecule has 1 fully saturated rings. The van der Waals surface area contributed by atoms with Gasteiger partial charge in [0.1, 0.15) is 11.3 Å². The lowest BCUT2D eigenvalue weighted by Crippen LogP contribution is -2.28. The Labute approximate surface area is 164 Å². The molecule has 1 saturated heterocycles. The number of amides is 1. The van der Waals surface area contributed by atoms with E-state index in [2.05, 4.69) is 0 Å². The summed E-state index contributed by atoms with van der Waals surface area (Å²) in [4.78, 5) is 14.7. The number of para-hydroxylation sites is 1. The van der Waals surface area contributed by atoms with Gasteiger partial charge in [-0.2, -0.15) is 0 Å². The quantitative estimate of drug-likeness (QED) is 0.598. The zero-order valence-electron chi connectivity index (χ0n) is 16.1. The number of ether oxygens (including phenoxy) is 2. The molecule has 0 spiro atoms. The van der Waals surface area contributed by atoms with Crippen LogP contribution < -0.4 is 9.47 Å². The van der Waals surface area contributed by atoms with E-state index in [0.717, 1.165) is 35.9 Å². The van der Waals surface area contributed by atoms with E-state index in [0.29, 0.717) is 17.3 Å². The first-order chi connectivity index (χ1) is 13.7. The molecule has 0 bridgehead atoms. The summed E-state index contributed by atoms with van der Waals surface area (Å²) in [6.45, 7) is 0.738. The number of carbonyl (C=O) groups excluding carboxylic acids is 1. The number of methoxy groups -OCH3 is 2. The third kappa shape index (κ3) is 3.48. The Morgan fingerprint density at radius 2 is 1.93 bits per heavy atom. The Bertz CT molecular complexity index is 987. The molecule has 2 aromatic carbocycles. The smallest absolute Gasteiger partial charge is 0.247 e. The summed E-state index contributed by atoms with van der Waals surface area (Å²) in [5.74, 6) is 2.03. The number of furan rings is 1. The highest BCUT2D eigenvalue weighted by atomic mass is 16.5. The van der Waals surface area contributed by atoms with Gasteiger partial charge in [-0.3, -0.25) is 4.79 Å². The summed E-state index contributed by atoms with van der Waals surface area (Å²) in [6.07, 6.45) is 5.24. The van der Waals surface area contributed by atoms with Crippen LogP contribution in [0.4, 0.5) is 0 Å². The van der Waals surface area contributed by atoms with Crippen molar-refractivity contribution in [3.8, 4) is 11.5 Å². The van der Waals surface area contributed by atoms with E-state index in [1.165, 1.54) is 0 Å². The Kier molecular flexibility index (Phi) is 5.06. The lowest BCUT2D eigenvalue weighted by molar-refractivity contribution is -0.126. The normalized spacial score (nSPS) is 16.8. The van der Waals surface area contributed by atoms with Crippen LogP contribution in [0.5, 0.6) is 11.5 Å². The molecule has 144 valence electrons. The minimum atomic E-state index is -0.0160. The molecule has 1 aromatic heterocycles. The Morgan fingerprint density at radius 1 is 1.11 bits per heavy atom. The van der Waals surface area contributed by atoms with Gasteiger partial charge >= 0.3 is 0 Å². The minimum absolute atomic E-state index is 0.0160. The fourth-order valence-corrected chi connectivity index (χ4v) is 3.77. The van der Waals surface area contributed by atoms with Crippen LogP contribution in [0, 0.1) is 0 Å². The van der Waals surface area contributed by atoms with Crippen molar-refractivity contribution >= 4 is 23.0 Å². The van der Waals surface area contributed by atoms with Gasteiger partial charge in [0.25, 0.3) is 0 Å². The maximum absolute atomic E-state index is 12.8. The van der Waals surface area contributed by atoms with Gasteiger partial charge in [-0.1, -0.05) is 24.3 Å². The largest absolute Gasteiger partial charge is 0.493 e. The molecule has 0 aliphatic carbocycles. The molecular formula is C23H23NO4. The van der Waals surface area contributed by atoms with Crippen molar-refractivity contribution in [2.75, 3.05) is 20.8 Å². The number of nitrogens with zero attached hydrogens (tertiary/aromatic N) is 1. The number of likely N-dealkylation sites (tertiary alicyclic amines) is 1. The van der Waals surface area contributed by atoms with Gasteiger partial charge in [-0.15, -0.1) is 0 Å². The van der Waals surface area contributed by atoms with Gasteiger partial charge in [0, 0.05) is 18.0 Å². The Hall–Kier alpha value is -3.21. The number of benzene rings is 2. The van der Waals surface area contributed by atoms with E-state index >= 15 is 0 Å². The first-order valence-electron chi connectivity index (χ1n) is 9.39. The topological polar surface area (TPSA) is 51.9 Å². The van der Waals surface area contributed by atoms with Gasteiger partial charge < -0.3 is 18.8 Å². The van der Waals surface area contributed by atoms with Crippen LogP contribution in [0.1, 0.15) is 30.2 Å². The molecule has 28 heavy (non-hydrogen) atoms. The molecule has 0 N–H and O–H groups in total. The molecule has 1 atom stereocenters. The maximum Gasteiger partial charge on any atom is 0.247 e. The van der Waals surface area contributed by atoms with Crippen molar-refractivity contribution in [1.29, 1.82) is 0 Å². The minimum Gasteiger partial charge on any atom is -0.493 e. The van der Waals surface area contributed by atoms with Crippen LogP contribution in [0.3, 0.4) is 0 Å². The standard InChI is InChI=1S/C23H23NO4/c1-26-21-11-9-16(15-22(21)27-2)19-7-5-13-24(19)23(25)12-10-18-14-17-6-3-4-8-20(17)28-18/h3-4,6,8-12,14-15,19H,5,7,13H2,1-2H3/b12-10+. The zero-order chi connectivity index (χ0) is 19.5. The third-order valence-corrected chi connectivity index (χ3v) is 5.16. The van der Waals surface area contributed by atoms with E-state index in [1.54, 1.807) is 26.4 Å². The third-order valence-electron chi connectivity index (χ3n) is 5.16. The average Bonchev–Trinajstić information content (AvgIpc) is 3.38. The van der Waals surface area contributed by atoms with Gasteiger partial charge in [0.05, 0.1) is 20.3 Å². The van der Waals surface area contributed by atoms with Crippen molar-refractivity contribution < 1.29 is 18.7 Å². The Balaban J connectivity index is 1.53. The molecule has 3 aromatic rings. The molecule has 5 nitrogen and oxygen atoms in total. The molecule has 1 aliphatic rings. The van der Waals surface area contributed by atoms with E-state index in [9.17, 15) is 4.79 Å². The average molecular weight is 377 g/mol. The summed E-state index contributed by atoms with van der Waals surface area (Å²) in [5, 5.41) is 1.03. The molecule has 1 aliphatic heterocycles. The summed E-state index contributed by atoms with van der Waals surface area (Å²) < 4.78 is 16.5. The highest BCUT2D eigenvalue weighted by Crippen LogP contribution is 2.37. The first-order valence-corrected chi connectivity index (χ1v) is 9.39. The van der Waals surface area contributed by atoms with Crippen LogP contribution in [0.15, 0.2) is 59.0 Å². The molecule has 5 heteroatoms. The van der Waals surface area contributed by atoms with Crippen molar-refractivity contribution in [1.82, 2.24) is 4.90 Å². The molecule has 1 amide bonds. The molecular weight excluding hydrogens is 354 g/mol. The number of rotatable bonds is 5. The SMILES string of the molecule is COc1ccc(C2CCCN2C(=O)/C=C/c2cc3ccccc3o2)cc1OC. The number of hydrogen-bond donors (Lipinski definition) is 0. The van der Waals surface area contributed by atoms with E-state index in [1.807, 2.05) is 53.4 Å². The van der Waals surface area contributed by atoms with E-state index < -0.39 is 0 Å². The van der Waals surface area contributed by atoms with Crippen molar-refractivity contribution in [3.63, 3.8) is 0 Å². The van der Waals surface area contributed by atoms with Crippen molar-refractivity contribution in [2.45, 2.75) is 18.9 Å². The Morgan fingerprint density at radius 3 is 2.71 bits per heavy atom. The van der Waals surface area contributed by atoms with Crippen LogP contribution >= 0.6 is 0 Å². The van der Waals surface area contributed by atoms with Crippen LogP contribution in [-0.2, 0) is 4.79 Å². The fraction of sp³-hybridized carbons (Fsp3) is 0.261. The summed E-state index contributed by atoms with van der Waals surface area (Å²) >= 11 is 0. The molecule has 1 unspecified atom stereocenters. The van der Waals surface area contributed by atoms with Gasteiger partial charge in [0.2, 0.25) is 5.91 Å². The lowest BCUT2D eigenvalue weighted by Gasteiger charge is -2.24. The maximum atomic E-state index is 12.8. The van der Waals surface area contributed by atoms with Crippen LogP contribution in [0.2, 0.25) is 0 Å². The van der Waals surface area contributed by atoms with E-state index in [4.69, 9.17) is 13.9 Å². The van der Waals surface area contributed by atoms with Gasteiger partial charge in [0.15, 0.2) is 11.5 Å². The number of carbonyl (C=O) groups is 1. The second kappa shape index (κ2) is 7.80. The second-order valence-corrected chi connectivity index (χ2v) is 6.82. The predicted octanol–water partition coefficient (Wildman–Crippen LogP) is 4.83. The van der Waals surface area contributed by atoms with Crippen molar-refractivity contribution in [2.24, 2.45) is 0 Å². The van der Waals surface area contributed by atoms with Crippen LogP contribution in [-0.4, -0.2) is 31.6 Å². The molecule has 2 heterocycles. The monoisotopic (exact) mass is 377 g/mol. The van der Waals surface area contributed by atoms with Gasteiger partial charge in [-0.05, 0) is 48.7 Å². The first kappa shape index (κ1) is 18.2.